The van der Waals surface area contributed by atoms with E-state index in [2.05, 4.69) is 0 Å². The topological polar surface area (TPSA) is 20.3 Å². The number of carbonyl (C=O) groups is 1. The van der Waals surface area contributed by atoms with Gasteiger partial charge in [0.2, 0.25) is 0 Å². The SMILES string of the molecule is Cc1ccsc1CN(C)C(=O)c1ccccc1C(F)(F)F. The summed E-state index contributed by atoms with van der Waals surface area (Å²) >= 11 is 1.48. The molecule has 2 rings (SSSR count). The first-order chi connectivity index (χ1) is 9.80. The molecule has 0 aliphatic rings. The first kappa shape index (κ1) is 15.6. The van der Waals surface area contributed by atoms with Gasteiger partial charge < -0.3 is 4.90 Å². The Bertz CT molecular complexity index is 648. The molecular weight excluding hydrogens is 299 g/mol. The number of nitrogens with zero attached hydrogens (tertiary/aromatic N) is 1. The van der Waals surface area contributed by atoms with Crippen molar-refractivity contribution < 1.29 is 18.0 Å². The second-order valence-corrected chi connectivity index (χ2v) is 5.73. The number of hydrogen-bond donors (Lipinski definition) is 0. The van der Waals surface area contributed by atoms with Gasteiger partial charge in [0.05, 0.1) is 17.7 Å². The van der Waals surface area contributed by atoms with E-state index in [-0.39, 0.29) is 5.56 Å². The minimum Gasteiger partial charge on any atom is -0.337 e. The van der Waals surface area contributed by atoms with Gasteiger partial charge in [-0.3, -0.25) is 4.79 Å². The minimum absolute atomic E-state index is 0.300. The maximum atomic E-state index is 12.9. The number of carbonyl (C=O) groups excluding carboxylic acids is 1. The lowest BCUT2D eigenvalue weighted by Gasteiger charge is -2.19. The standard InChI is InChI=1S/C15H14F3NOS/c1-10-7-8-21-13(10)9-19(2)14(20)11-5-3-4-6-12(11)15(16,17)18/h3-8H,9H2,1-2H3. The van der Waals surface area contributed by atoms with Crippen molar-refractivity contribution in [1.29, 1.82) is 0 Å². The van der Waals surface area contributed by atoms with E-state index in [1.807, 2.05) is 18.4 Å². The van der Waals surface area contributed by atoms with Gasteiger partial charge in [0.15, 0.2) is 0 Å². The van der Waals surface area contributed by atoms with Crippen LogP contribution in [0.5, 0.6) is 0 Å². The molecule has 112 valence electrons. The predicted molar refractivity (Wildman–Crippen MR) is 76.3 cm³/mol. The highest BCUT2D eigenvalue weighted by molar-refractivity contribution is 7.10. The zero-order chi connectivity index (χ0) is 15.6. The van der Waals surface area contributed by atoms with Crippen molar-refractivity contribution in [2.75, 3.05) is 7.05 Å². The smallest absolute Gasteiger partial charge is 0.337 e. The highest BCUT2D eigenvalue weighted by Gasteiger charge is 2.35. The zero-order valence-electron chi connectivity index (χ0n) is 11.6. The van der Waals surface area contributed by atoms with Crippen LogP contribution in [0.1, 0.15) is 26.4 Å². The van der Waals surface area contributed by atoms with Gasteiger partial charge in [-0.05, 0) is 36.1 Å². The van der Waals surface area contributed by atoms with E-state index in [0.717, 1.165) is 16.5 Å². The van der Waals surface area contributed by atoms with E-state index in [0.29, 0.717) is 6.54 Å². The van der Waals surface area contributed by atoms with Crippen LogP contribution < -0.4 is 0 Å². The molecule has 0 fully saturated rings. The third kappa shape index (κ3) is 3.44. The number of amides is 1. The van der Waals surface area contributed by atoms with Crippen molar-refractivity contribution in [3.05, 3.63) is 57.3 Å². The molecule has 0 N–H and O–H groups in total. The first-order valence-electron chi connectivity index (χ1n) is 6.25. The Balaban J connectivity index is 2.26. The number of aryl methyl sites for hydroxylation is 1. The van der Waals surface area contributed by atoms with Gasteiger partial charge in [-0.25, -0.2) is 0 Å². The van der Waals surface area contributed by atoms with E-state index >= 15 is 0 Å². The summed E-state index contributed by atoms with van der Waals surface area (Å²) in [5, 5.41) is 1.90. The van der Waals surface area contributed by atoms with Crippen LogP contribution in [0.4, 0.5) is 13.2 Å². The van der Waals surface area contributed by atoms with Crippen molar-refractivity contribution in [3.8, 4) is 0 Å². The maximum Gasteiger partial charge on any atom is 0.417 e. The summed E-state index contributed by atoms with van der Waals surface area (Å²) in [4.78, 5) is 14.6. The second-order valence-electron chi connectivity index (χ2n) is 4.73. The van der Waals surface area contributed by atoms with Crippen LogP contribution in [0.2, 0.25) is 0 Å². The number of alkyl halides is 3. The van der Waals surface area contributed by atoms with Crippen LogP contribution >= 0.6 is 11.3 Å². The van der Waals surface area contributed by atoms with Crippen LogP contribution in [-0.4, -0.2) is 17.9 Å². The van der Waals surface area contributed by atoms with Gasteiger partial charge in [0.1, 0.15) is 0 Å². The Morgan fingerprint density at radius 1 is 1.24 bits per heavy atom. The molecule has 0 saturated heterocycles. The van der Waals surface area contributed by atoms with Crippen molar-refractivity contribution in [2.24, 2.45) is 0 Å². The monoisotopic (exact) mass is 313 g/mol. The highest BCUT2D eigenvalue weighted by Crippen LogP contribution is 2.32. The zero-order valence-corrected chi connectivity index (χ0v) is 12.4. The lowest BCUT2D eigenvalue weighted by molar-refractivity contribution is -0.138. The van der Waals surface area contributed by atoms with Crippen molar-refractivity contribution in [3.63, 3.8) is 0 Å². The maximum absolute atomic E-state index is 12.9. The van der Waals surface area contributed by atoms with E-state index in [1.54, 1.807) is 0 Å². The predicted octanol–water partition coefficient (Wildman–Crippen LogP) is 4.35. The fourth-order valence-corrected chi connectivity index (χ4v) is 2.93. The lowest BCUT2D eigenvalue weighted by Crippen LogP contribution is -2.28. The van der Waals surface area contributed by atoms with Crippen LogP contribution in [0.25, 0.3) is 0 Å². The molecule has 0 spiro atoms. The molecule has 0 aliphatic carbocycles. The molecule has 1 aromatic carbocycles. The molecule has 0 atom stereocenters. The van der Waals surface area contributed by atoms with Crippen LogP contribution in [0.15, 0.2) is 35.7 Å². The fourth-order valence-electron chi connectivity index (χ4n) is 1.98. The molecule has 6 heteroatoms. The molecule has 0 aliphatic heterocycles. The van der Waals surface area contributed by atoms with Gasteiger partial charge >= 0.3 is 6.18 Å². The van der Waals surface area contributed by atoms with Gasteiger partial charge in [-0.1, -0.05) is 12.1 Å². The minimum atomic E-state index is -4.54. The largest absolute Gasteiger partial charge is 0.417 e. The molecular formula is C15H14F3NOS. The quantitative estimate of drug-likeness (QED) is 0.825. The molecule has 21 heavy (non-hydrogen) atoms. The molecule has 1 aromatic heterocycles. The second kappa shape index (κ2) is 5.89. The Hall–Kier alpha value is -1.82. The van der Waals surface area contributed by atoms with Crippen molar-refractivity contribution >= 4 is 17.2 Å². The first-order valence-corrected chi connectivity index (χ1v) is 7.13. The normalized spacial score (nSPS) is 11.5. The molecule has 0 unspecified atom stereocenters. The molecule has 0 radical (unpaired) electrons. The Morgan fingerprint density at radius 2 is 1.90 bits per heavy atom. The number of benzene rings is 1. The Kier molecular flexibility index (Phi) is 4.37. The number of halogens is 3. The summed E-state index contributed by atoms with van der Waals surface area (Å²) in [6.45, 7) is 2.21. The van der Waals surface area contributed by atoms with E-state index < -0.39 is 17.6 Å². The molecule has 2 aromatic rings. The molecule has 1 heterocycles. The average Bonchev–Trinajstić information content (AvgIpc) is 2.82. The number of thiophene rings is 1. The van der Waals surface area contributed by atoms with Crippen LogP contribution in [0.3, 0.4) is 0 Å². The fraction of sp³-hybridized carbons (Fsp3) is 0.267. The van der Waals surface area contributed by atoms with Crippen LogP contribution in [0, 0.1) is 6.92 Å². The molecule has 0 saturated carbocycles. The summed E-state index contributed by atoms with van der Waals surface area (Å²) in [6.07, 6.45) is -4.54. The Labute approximate surface area is 124 Å². The highest BCUT2D eigenvalue weighted by atomic mass is 32.1. The van der Waals surface area contributed by atoms with Crippen LogP contribution in [-0.2, 0) is 12.7 Å². The van der Waals surface area contributed by atoms with E-state index in [1.165, 1.54) is 41.5 Å². The molecule has 0 bridgehead atoms. The van der Waals surface area contributed by atoms with Gasteiger partial charge in [0.25, 0.3) is 5.91 Å². The summed E-state index contributed by atoms with van der Waals surface area (Å²) in [6, 6.07) is 6.78. The number of hydrogen-bond acceptors (Lipinski definition) is 2. The van der Waals surface area contributed by atoms with E-state index in [4.69, 9.17) is 0 Å². The summed E-state index contributed by atoms with van der Waals surface area (Å²) in [5.74, 6) is -0.629. The third-order valence-electron chi connectivity index (χ3n) is 3.16. The van der Waals surface area contributed by atoms with Crippen molar-refractivity contribution in [1.82, 2.24) is 4.90 Å². The summed E-state index contributed by atoms with van der Waals surface area (Å²) in [7, 11) is 1.51. The van der Waals surface area contributed by atoms with E-state index in [9.17, 15) is 18.0 Å². The third-order valence-corrected chi connectivity index (χ3v) is 4.17. The molecule has 2 nitrogen and oxygen atoms in total. The summed E-state index contributed by atoms with van der Waals surface area (Å²) in [5.41, 5.74) is -0.185. The van der Waals surface area contributed by atoms with Gasteiger partial charge in [-0.15, -0.1) is 11.3 Å². The average molecular weight is 313 g/mol. The molecule has 1 amide bonds. The number of rotatable bonds is 3. The lowest BCUT2D eigenvalue weighted by atomic mass is 10.1. The summed E-state index contributed by atoms with van der Waals surface area (Å²) < 4.78 is 38.8. The Morgan fingerprint density at radius 3 is 2.48 bits per heavy atom. The van der Waals surface area contributed by atoms with Gasteiger partial charge in [0, 0.05) is 11.9 Å². The van der Waals surface area contributed by atoms with Crippen molar-refractivity contribution in [2.45, 2.75) is 19.6 Å². The van der Waals surface area contributed by atoms with Gasteiger partial charge in [-0.2, -0.15) is 13.2 Å².